The summed E-state index contributed by atoms with van der Waals surface area (Å²) in [5, 5.41) is 9.83. The molecule has 1 N–H and O–H groups in total. The first kappa shape index (κ1) is 23.7. The molecule has 4 aliphatic carbocycles. The highest BCUT2D eigenvalue weighted by Gasteiger charge is 2.74. The number of rotatable bonds is 2. The van der Waals surface area contributed by atoms with Crippen LogP contribution in [0.15, 0.2) is 0 Å². The van der Waals surface area contributed by atoms with Crippen LogP contribution in [0.4, 0.5) is 26.3 Å². The zero-order valence-electron chi connectivity index (χ0n) is 19.2. The minimum Gasteiger partial charge on any atom is -0.374 e. The van der Waals surface area contributed by atoms with Crippen LogP contribution in [0, 0.1) is 64.1 Å². The molecule has 7 heteroatoms. The first-order valence-corrected chi connectivity index (χ1v) is 11.6. The van der Waals surface area contributed by atoms with Gasteiger partial charge in [-0.2, -0.15) is 26.3 Å². The number of aliphatic hydroxyl groups is 1. The SMILES string of the molecule is CC(C)(C)C1C2CC(C3C4CC(CC4CC(O)(C(F)(F)F)C(F)(F)F)C23)C1C(C)(C)C. The van der Waals surface area contributed by atoms with Crippen LogP contribution in [0.5, 0.6) is 0 Å². The van der Waals surface area contributed by atoms with E-state index in [0.717, 1.165) is 12.8 Å². The van der Waals surface area contributed by atoms with Crippen molar-refractivity contribution in [3.8, 4) is 0 Å². The Balaban J connectivity index is 1.63. The third-order valence-electron chi connectivity index (χ3n) is 9.61. The lowest BCUT2D eigenvalue weighted by atomic mass is 9.52. The summed E-state index contributed by atoms with van der Waals surface area (Å²) in [6, 6.07) is 0. The summed E-state index contributed by atoms with van der Waals surface area (Å²) in [5.74, 6) is 1.81. The second kappa shape index (κ2) is 6.56. The smallest absolute Gasteiger partial charge is 0.374 e. The molecule has 180 valence electrons. The summed E-state index contributed by atoms with van der Waals surface area (Å²) in [4.78, 5) is 0. The second-order valence-electron chi connectivity index (χ2n) is 13.2. The lowest BCUT2D eigenvalue weighted by Crippen LogP contribution is -2.58. The molecule has 0 heterocycles. The average molecular weight is 455 g/mol. The highest BCUT2D eigenvalue weighted by atomic mass is 19.4. The van der Waals surface area contributed by atoms with E-state index in [2.05, 4.69) is 41.5 Å². The van der Waals surface area contributed by atoms with E-state index in [0.29, 0.717) is 36.0 Å². The van der Waals surface area contributed by atoms with E-state index in [1.54, 1.807) is 0 Å². The Hall–Kier alpha value is -0.460. The maximum Gasteiger partial charge on any atom is 0.426 e. The number of fused-ring (bicyclic) bond motifs is 9. The lowest BCUT2D eigenvalue weighted by molar-refractivity contribution is -0.373. The summed E-state index contributed by atoms with van der Waals surface area (Å²) >= 11 is 0. The van der Waals surface area contributed by atoms with Crippen LogP contribution < -0.4 is 0 Å². The maximum absolute atomic E-state index is 13.3. The highest BCUT2D eigenvalue weighted by molar-refractivity contribution is 5.18. The fourth-order valence-corrected chi connectivity index (χ4v) is 9.13. The van der Waals surface area contributed by atoms with Crippen molar-refractivity contribution in [2.24, 2.45) is 64.1 Å². The van der Waals surface area contributed by atoms with E-state index in [-0.39, 0.29) is 28.6 Å². The van der Waals surface area contributed by atoms with E-state index in [1.165, 1.54) is 0 Å². The van der Waals surface area contributed by atoms with Crippen molar-refractivity contribution in [1.82, 2.24) is 0 Å². The Morgan fingerprint density at radius 1 is 0.645 bits per heavy atom. The van der Waals surface area contributed by atoms with E-state index < -0.39 is 30.3 Å². The fourth-order valence-electron chi connectivity index (χ4n) is 9.13. The van der Waals surface area contributed by atoms with Gasteiger partial charge in [0.15, 0.2) is 0 Å². The number of hydrogen-bond donors (Lipinski definition) is 1. The molecule has 0 aliphatic heterocycles. The van der Waals surface area contributed by atoms with E-state index in [9.17, 15) is 31.4 Å². The zero-order chi connectivity index (χ0) is 23.5. The number of halogens is 6. The molecule has 0 saturated heterocycles. The second-order valence-corrected chi connectivity index (χ2v) is 13.2. The lowest BCUT2D eigenvalue weighted by Gasteiger charge is -2.53. The van der Waals surface area contributed by atoms with Gasteiger partial charge in [-0.15, -0.1) is 0 Å². The van der Waals surface area contributed by atoms with Gasteiger partial charge in [-0.05, 0) is 89.8 Å². The van der Waals surface area contributed by atoms with Crippen LogP contribution in [0.3, 0.4) is 0 Å². The third-order valence-corrected chi connectivity index (χ3v) is 9.61. The summed E-state index contributed by atoms with van der Waals surface area (Å²) in [6.07, 6.45) is -10.5. The third kappa shape index (κ3) is 3.29. The zero-order valence-corrected chi connectivity index (χ0v) is 19.2. The van der Waals surface area contributed by atoms with Crippen molar-refractivity contribution in [2.75, 3.05) is 0 Å². The molecule has 9 atom stereocenters. The molecule has 4 fully saturated rings. The average Bonchev–Trinajstić information content (AvgIpc) is 3.27. The van der Waals surface area contributed by atoms with Gasteiger partial charge in [0, 0.05) is 0 Å². The van der Waals surface area contributed by atoms with Crippen molar-refractivity contribution in [3.63, 3.8) is 0 Å². The molecule has 0 radical (unpaired) electrons. The molecule has 9 unspecified atom stereocenters. The van der Waals surface area contributed by atoms with Gasteiger partial charge < -0.3 is 5.11 Å². The van der Waals surface area contributed by atoms with Gasteiger partial charge in [-0.3, -0.25) is 0 Å². The maximum atomic E-state index is 13.3. The summed E-state index contributed by atoms with van der Waals surface area (Å²) in [5.41, 5.74) is -4.45. The number of hydrogen-bond acceptors (Lipinski definition) is 1. The molecular formula is C24H36F6O. The Bertz CT molecular complexity index is 698. The standard InChI is InChI=1S/C24H36F6O/c1-20(2,3)18-14-9-15(19(18)21(4,5)6)17-13-8-11(16(14)17)7-12(13)10-22(31,23(25,26)27)24(28,29)30/h11-19,31H,7-10H2,1-6H3. The van der Waals surface area contributed by atoms with Gasteiger partial charge in [-0.25, -0.2) is 0 Å². The van der Waals surface area contributed by atoms with Crippen molar-refractivity contribution in [2.45, 2.75) is 85.2 Å². The quantitative estimate of drug-likeness (QED) is 0.349. The van der Waals surface area contributed by atoms with Crippen LogP contribution in [-0.2, 0) is 0 Å². The molecule has 4 saturated carbocycles. The van der Waals surface area contributed by atoms with Gasteiger partial charge >= 0.3 is 12.4 Å². The molecule has 1 nitrogen and oxygen atoms in total. The van der Waals surface area contributed by atoms with Crippen LogP contribution in [0.25, 0.3) is 0 Å². The minimum atomic E-state index is -5.72. The summed E-state index contributed by atoms with van der Waals surface area (Å²) in [6.45, 7) is 13.5. The molecule has 4 aliphatic rings. The predicted octanol–water partition coefficient (Wildman–Crippen LogP) is 7.09. The first-order chi connectivity index (χ1) is 13.8. The van der Waals surface area contributed by atoms with Gasteiger partial charge in [0.1, 0.15) is 0 Å². The highest BCUT2D eigenvalue weighted by Crippen LogP contribution is 2.76. The van der Waals surface area contributed by atoms with Gasteiger partial charge in [-0.1, -0.05) is 41.5 Å². The number of alkyl halides is 6. The summed E-state index contributed by atoms with van der Waals surface area (Å²) in [7, 11) is 0. The van der Waals surface area contributed by atoms with Crippen LogP contribution in [0.1, 0.15) is 67.2 Å². The Labute approximate surface area is 181 Å². The minimum absolute atomic E-state index is 0.0400. The molecule has 0 amide bonds. The van der Waals surface area contributed by atoms with Crippen LogP contribution in [-0.4, -0.2) is 23.1 Å². The van der Waals surface area contributed by atoms with Gasteiger partial charge in [0.2, 0.25) is 0 Å². The fraction of sp³-hybridized carbons (Fsp3) is 1.00. The normalized spacial score (nSPS) is 43.1. The monoisotopic (exact) mass is 454 g/mol. The van der Waals surface area contributed by atoms with Gasteiger partial charge in [0.25, 0.3) is 5.60 Å². The molecule has 31 heavy (non-hydrogen) atoms. The largest absolute Gasteiger partial charge is 0.426 e. The molecule has 0 aromatic heterocycles. The molecule has 0 aromatic rings. The predicted molar refractivity (Wildman–Crippen MR) is 106 cm³/mol. The Kier molecular flexibility index (Phi) is 5.02. The van der Waals surface area contributed by atoms with E-state index in [1.807, 2.05) is 0 Å². The molecular weight excluding hydrogens is 418 g/mol. The van der Waals surface area contributed by atoms with Crippen LogP contribution >= 0.6 is 0 Å². The van der Waals surface area contributed by atoms with Crippen molar-refractivity contribution in [3.05, 3.63) is 0 Å². The molecule has 0 aromatic carbocycles. The Morgan fingerprint density at radius 2 is 1.10 bits per heavy atom. The van der Waals surface area contributed by atoms with E-state index >= 15 is 0 Å². The van der Waals surface area contributed by atoms with Crippen molar-refractivity contribution >= 4 is 0 Å². The van der Waals surface area contributed by atoms with Crippen molar-refractivity contribution < 1.29 is 31.4 Å². The van der Waals surface area contributed by atoms with Crippen molar-refractivity contribution in [1.29, 1.82) is 0 Å². The van der Waals surface area contributed by atoms with E-state index in [4.69, 9.17) is 0 Å². The first-order valence-electron chi connectivity index (χ1n) is 11.6. The molecule has 4 rings (SSSR count). The Morgan fingerprint density at radius 3 is 1.52 bits per heavy atom. The summed E-state index contributed by atoms with van der Waals surface area (Å²) < 4.78 is 80.1. The molecule has 0 spiro atoms. The van der Waals surface area contributed by atoms with Crippen LogP contribution in [0.2, 0.25) is 0 Å². The molecule has 4 bridgehead atoms. The topological polar surface area (TPSA) is 20.2 Å². The van der Waals surface area contributed by atoms with Gasteiger partial charge in [0.05, 0.1) is 0 Å².